The van der Waals surface area contributed by atoms with Crippen molar-refractivity contribution >= 4 is 5.97 Å². The predicted octanol–water partition coefficient (Wildman–Crippen LogP) is 3.56. The van der Waals surface area contributed by atoms with E-state index < -0.39 is 0 Å². The van der Waals surface area contributed by atoms with Crippen LogP contribution in [0, 0.1) is 5.92 Å². The number of fused-ring (bicyclic) bond motifs is 1. The molecule has 0 N–H and O–H groups in total. The normalized spacial score (nSPS) is 19.5. The fraction of sp³-hybridized carbons (Fsp3) is 0.316. The van der Waals surface area contributed by atoms with Gasteiger partial charge in [0, 0.05) is 11.5 Å². The first-order valence-electron chi connectivity index (χ1n) is 7.63. The lowest BCUT2D eigenvalue weighted by atomic mass is 9.85. The second-order valence-electron chi connectivity index (χ2n) is 5.48. The molecule has 114 valence electrons. The Morgan fingerprint density at radius 1 is 1.09 bits per heavy atom. The molecular formula is C19H20O3. The quantitative estimate of drug-likeness (QED) is 0.809. The molecular weight excluding hydrogens is 276 g/mol. The number of esters is 1. The van der Waals surface area contributed by atoms with Crippen molar-refractivity contribution < 1.29 is 14.3 Å². The Hall–Kier alpha value is -2.29. The van der Waals surface area contributed by atoms with Crippen LogP contribution in [0.15, 0.2) is 48.5 Å². The van der Waals surface area contributed by atoms with Gasteiger partial charge in [-0.1, -0.05) is 42.5 Å². The average molecular weight is 296 g/mol. The molecule has 0 radical (unpaired) electrons. The first-order valence-corrected chi connectivity index (χ1v) is 7.63. The summed E-state index contributed by atoms with van der Waals surface area (Å²) in [6.45, 7) is 2.25. The number of para-hydroxylation sites is 1. The van der Waals surface area contributed by atoms with E-state index in [0.29, 0.717) is 6.61 Å². The van der Waals surface area contributed by atoms with Crippen LogP contribution in [0.2, 0.25) is 0 Å². The number of benzene rings is 2. The van der Waals surface area contributed by atoms with Gasteiger partial charge in [0.25, 0.3) is 0 Å². The molecule has 0 heterocycles. The van der Waals surface area contributed by atoms with Gasteiger partial charge in [-0.2, -0.15) is 0 Å². The van der Waals surface area contributed by atoms with E-state index in [-0.39, 0.29) is 17.8 Å². The smallest absolute Gasteiger partial charge is 0.310 e. The van der Waals surface area contributed by atoms with Crippen LogP contribution in [0.4, 0.5) is 0 Å². The summed E-state index contributed by atoms with van der Waals surface area (Å²) in [5, 5.41) is 0. The van der Waals surface area contributed by atoms with Crippen LogP contribution in [0.25, 0.3) is 0 Å². The number of methoxy groups -OCH3 is 1. The van der Waals surface area contributed by atoms with E-state index in [9.17, 15) is 4.79 Å². The minimum atomic E-state index is -0.186. The van der Waals surface area contributed by atoms with E-state index in [0.717, 1.165) is 17.7 Å². The second kappa shape index (κ2) is 6.22. The van der Waals surface area contributed by atoms with Crippen LogP contribution >= 0.6 is 0 Å². The predicted molar refractivity (Wildman–Crippen MR) is 85.1 cm³/mol. The largest absolute Gasteiger partial charge is 0.496 e. The Kier molecular flexibility index (Phi) is 4.14. The summed E-state index contributed by atoms with van der Waals surface area (Å²) in [6.07, 6.45) is 0.720. The van der Waals surface area contributed by atoms with E-state index in [1.54, 1.807) is 7.11 Å². The maximum absolute atomic E-state index is 12.4. The van der Waals surface area contributed by atoms with Crippen LogP contribution in [0.1, 0.15) is 29.5 Å². The monoisotopic (exact) mass is 296 g/mol. The Morgan fingerprint density at radius 3 is 2.50 bits per heavy atom. The van der Waals surface area contributed by atoms with Gasteiger partial charge < -0.3 is 9.47 Å². The first-order chi connectivity index (χ1) is 10.8. The zero-order valence-electron chi connectivity index (χ0n) is 12.9. The van der Waals surface area contributed by atoms with Crippen molar-refractivity contribution in [1.82, 2.24) is 0 Å². The van der Waals surface area contributed by atoms with Crippen molar-refractivity contribution in [3.05, 3.63) is 65.2 Å². The van der Waals surface area contributed by atoms with Crippen molar-refractivity contribution in [2.75, 3.05) is 13.7 Å². The van der Waals surface area contributed by atoms with Gasteiger partial charge in [0.2, 0.25) is 0 Å². The lowest BCUT2D eigenvalue weighted by molar-refractivity contribution is -0.148. The molecule has 1 aliphatic rings. The third-order valence-corrected chi connectivity index (χ3v) is 4.30. The molecule has 3 rings (SSSR count). The Bertz CT molecular complexity index is 678. The van der Waals surface area contributed by atoms with E-state index in [1.165, 1.54) is 11.1 Å². The fourth-order valence-corrected chi connectivity index (χ4v) is 3.37. The Balaban J connectivity index is 2.08. The lowest BCUT2D eigenvalue weighted by Gasteiger charge is -2.21. The van der Waals surface area contributed by atoms with Crippen molar-refractivity contribution in [3.63, 3.8) is 0 Å². The number of ether oxygens (including phenoxy) is 2. The van der Waals surface area contributed by atoms with E-state index in [1.807, 2.05) is 43.3 Å². The van der Waals surface area contributed by atoms with Gasteiger partial charge in [0.05, 0.1) is 19.6 Å². The van der Waals surface area contributed by atoms with Crippen LogP contribution in [-0.4, -0.2) is 19.7 Å². The van der Waals surface area contributed by atoms with E-state index in [4.69, 9.17) is 9.47 Å². The fourth-order valence-electron chi connectivity index (χ4n) is 3.37. The summed E-state index contributed by atoms with van der Waals surface area (Å²) in [4.78, 5) is 12.4. The van der Waals surface area contributed by atoms with Gasteiger partial charge in [0.1, 0.15) is 5.75 Å². The number of rotatable bonds is 4. The van der Waals surface area contributed by atoms with Crippen molar-refractivity contribution in [2.45, 2.75) is 19.3 Å². The van der Waals surface area contributed by atoms with Crippen LogP contribution in [-0.2, 0) is 16.0 Å². The minimum absolute atomic E-state index is 0.00796. The van der Waals surface area contributed by atoms with Crippen molar-refractivity contribution in [3.8, 4) is 5.75 Å². The van der Waals surface area contributed by atoms with E-state index >= 15 is 0 Å². The highest BCUT2D eigenvalue weighted by Gasteiger charge is 2.40. The summed E-state index contributed by atoms with van der Waals surface area (Å²) in [5.74, 6) is 0.494. The van der Waals surface area contributed by atoms with Gasteiger partial charge in [-0.05, 0) is 30.5 Å². The summed E-state index contributed by atoms with van der Waals surface area (Å²) >= 11 is 0. The number of hydrogen-bond acceptors (Lipinski definition) is 3. The third kappa shape index (κ3) is 2.47. The molecule has 2 aromatic rings. The SMILES string of the molecule is CCOC(=O)C1Cc2ccccc2C1c1ccccc1OC. The lowest BCUT2D eigenvalue weighted by Crippen LogP contribution is -2.23. The molecule has 2 unspecified atom stereocenters. The molecule has 22 heavy (non-hydrogen) atoms. The van der Waals surface area contributed by atoms with Gasteiger partial charge in [-0.3, -0.25) is 4.79 Å². The molecule has 0 amide bonds. The minimum Gasteiger partial charge on any atom is -0.496 e. The summed E-state index contributed by atoms with van der Waals surface area (Å²) in [5.41, 5.74) is 3.47. The third-order valence-electron chi connectivity index (χ3n) is 4.30. The zero-order valence-corrected chi connectivity index (χ0v) is 12.9. The first kappa shape index (κ1) is 14.6. The molecule has 1 aliphatic carbocycles. The molecule has 2 atom stereocenters. The molecule has 0 saturated carbocycles. The van der Waals surface area contributed by atoms with Crippen molar-refractivity contribution in [1.29, 1.82) is 0 Å². The van der Waals surface area contributed by atoms with Gasteiger partial charge in [-0.25, -0.2) is 0 Å². The molecule has 0 spiro atoms. The average Bonchev–Trinajstić information content (AvgIpc) is 2.94. The highest BCUT2D eigenvalue weighted by Crippen LogP contribution is 2.45. The summed E-state index contributed by atoms with van der Waals surface area (Å²) < 4.78 is 10.8. The topological polar surface area (TPSA) is 35.5 Å². The highest BCUT2D eigenvalue weighted by molar-refractivity contribution is 5.77. The molecule has 0 aromatic heterocycles. The Labute approximate surface area is 130 Å². The molecule has 3 nitrogen and oxygen atoms in total. The molecule has 0 saturated heterocycles. The molecule has 0 bridgehead atoms. The molecule has 0 fully saturated rings. The van der Waals surface area contributed by atoms with Gasteiger partial charge in [-0.15, -0.1) is 0 Å². The van der Waals surface area contributed by atoms with Crippen molar-refractivity contribution in [2.24, 2.45) is 5.92 Å². The molecule has 3 heteroatoms. The number of carbonyl (C=O) groups is 1. The van der Waals surface area contributed by atoms with Crippen LogP contribution < -0.4 is 4.74 Å². The van der Waals surface area contributed by atoms with Crippen LogP contribution in [0.3, 0.4) is 0 Å². The molecule has 0 aliphatic heterocycles. The standard InChI is InChI=1S/C19H20O3/c1-3-22-19(20)16-12-13-8-4-5-9-14(13)18(16)15-10-6-7-11-17(15)21-2/h4-11,16,18H,3,12H2,1-2H3. The maximum atomic E-state index is 12.4. The maximum Gasteiger partial charge on any atom is 0.310 e. The number of hydrogen-bond donors (Lipinski definition) is 0. The van der Waals surface area contributed by atoms with Gasteiger partial charge in [0.15, 0.2) is 0 Å². The summed E-state index contributed by atoms with van der Waals surface area (Å²) in [6, 6.07) is 16.2. The zero-order chi connectivity index (χ0) is 15.5. The van der Waals surface area contributed by atoms with E-state index in [2.05, 4.69) is 12.1 Å². The molecule has 2 aromatic carbocycles. The number of carbonyl (C=O) groups excluding carboxylic acids is 1. The van der Waals surface area contributed by atoms with Crippen LogP contribution in [0.5, 0.6) is 5.75 Å². The highest BCUT2D eigenvalue weighted by atomic mass is 16.5. The van der Waals surface area contributed by atoms with Gasteiger partial charge >= 0.3 is 5.97 Å². The summed E-state index contributed by atoms with van der Waals surface area (Å²) in [7, 11) is 1.67. The Morgan fingerprint density at radius 2 is 1.77 bits per heavy atom. The second-order valence-corrected chi connectivity index (χ2v) is 5.48.